The quantitative estimate of drug-likeness (QED) is 0.911. The number of halogens is 1. The normalized spacial score (nSPS) is 15.3. The Hall–Kier alpha value is -1.50. The van der Waals surface area contributed by atoms with E-state index in [2.05, 4.69) is 21.2 Å². The largest absolute Gasteiger partial charge is 0.444 e. The fourth-order valence-corrected chi connectivity index (χ4v) is 2.35. The molecule has 1 aliphatic rings. The van der Waals surface area contributed by atoms with Crippen LogP contribution in [0.3, 0.4) is 0 Å². The summed E-state index contributed by atoms with van der Waals surface area (Å²) in [5.41, 5.74) is 0. The zero-order valence-corrected chi connectivity index (χ0v) is 13.0. The number of amides is 3. The maximum Gasteiger partial charge on any atom is 0.317 e. The molecule has 0 radical (unpaired) electrons. The summed E-state index contributed by atoms with van der Waals surface area (Å²) in [4.78, 5) is 27.4. The Balaban J connectivity index is 1.85. The maximum atomic E-state index is 12.2. The highest BCUT2D eigenvalue weighted by atomic mass is 79.9. The molecule has 110 valence electrons. The molecular weight excluding hydrogens is 326 g/mol. The van der Waals surface area contributed by atoms with E-state index in [1.807, 2.05) is 6.92 Å². The van der Waals surface area contributed by atoms with Crippen molar-refractivity contribution < 1.29 is 14.0 Å². The minimum atomic E-state index is -0.135. The molecule has 0 saturated carbocycles. The van der Waals surface area contributed by atoms with Gasteiger partial charge in [-0.15, -0.1) is 0 Å². The van der Waals surface area contributed by atoms with Crippen molar-refractivity contribution >= 4 is 27.9 Å². The lowest BCUT2D eigenvalue weighted by Crippen LogP contribution is -2.53. The first-order chi connectivity index (χ1) is 9.61. The Kier molecular flexibility index (Phi) is 5.05. The molecule has 1 fully saturated rings. The standard InChI is InChI=1S/C13H18BrN3O3/c1-2-5-15-13(19)17-8-6-16(7-9-17)12(18)10-3-4-11(14)20-10/h3-4H,2,5-9H2,1H3,(H,15,19). The van der Waals surface area contributed by atoms with Crippen LogP contribution in [0, 0.1) is 0 Å². The molecule has 7 heteroatoms. The van der Waals surface area contributed by atoms with E-state index in [1.165, 1.54) is 0 Å². The number of hydrogen-bond donors (Lipinski definition) is 1. The van der Waals surface area contributed by atoms with Crippen LogP contribution < -0.4 is 5.32 Å². The van der Waals surface area contributed by atoms with E-state index >= 15 is 0 Å². The second kappa shape index (κ2) is 6.78. The van der Waals surface area contributed by atoms with Gasteiger partial charge in [-0.1, -0.05) is 6.92 Å². The summed E-state index contributed by atoms with van der Waals surface area (Å²) in [6, 6.07) is 3.29. The van der Waals surface area contributed by atoms with Gasteiger partial charge in [-0.3, -0.25) is 4.79 Å². The predicted molar refractivity (Wildman–Crippen MR) is 77.6 cm³/mol. The van der Waals surface area contributed by atoms with Crippen molar-refractivity contribution in [2.45, 2.75) is 13.3 Å². The van der Waals surface area contributed by atoms with Gasteiger partial charge in [0.25, 0.3) is 5.91 Å². The summed E-state index contributed by atoms with van der Waals surface area (Å²) in [6.45, 7) is 4.83. The predicted octanol–water partition coefficient (Wildman–Crippen LogP) is 1.92. The zero-order valence-electron chi connectivity index (χ0n) is 11.4. The average Bonchev–Trinajstić information content (AvgIpc) is 2.90. The highest BCUT2D eigenvalue weighted by Gasteiger charge is 2.26. The van der Waals surface area contributed by atoms with Crippen LogP contribution in [0.5, 0.6) is 0 Å². The van der Waals surface area contributed by atoms with Crippen molar-refractivity contribution in [3.63, 3.8) is 0 Å². The molecule has 1 N–H and O–H groups in total. The second-order valence-corrected chi connectivity index (χ2v) is 5.40. The molecule has 0 spiro atoms. The van der Waals surface area contributed by atoms with Crippen LogP contribution >= 0.6 is 15.9 Å². The van der Waals surface area contributed by atoms with E-state index in [9.17, 15) is 9.59 Å². The van der Waals surface area contributed by atoms with Gasteiger partial charge in [0.1, 0.15) is 0 Å². The fraction of sp³-hybridized carbons (Fsp3) is 0.538. The van der Waals surface area contributed by atoms with E-state index in [0.717, 1.165) is 6.42 Å². The van der Waals surface area contributed by atoms with Crippen molar-refractivity contribution in [3.05, 3.63) is 22.6 Å². The number of piperazine rings is 1. The Morgan fingerprint density at radius 2 is 1.90 bits per heavy atom. The molecule has 0 aliphatic carbocycles. The summed E-state index contributed by atoms with van der Waals surface area (Å²) >= 11 is 3.18. The number of nitrogens with zero attached hydrogens (tertiary/aromatic N) is 2. The van der Waals surface area contributed by atoms with Gasteiger partial charge in [0.15, 0.2) is 10.4 Å². The Bertz CT molecular complexity index is 481. The zero-order chi connectivity index (χ0) is 14.5. The topological polar surface area (TPSA) is 65.8 Å². The fourth-order valence-electron chi connectivity index (χ4n) is 2.04. The third-order valence-electron chi connectivity index (χ3n) is 3.16. The minimum Gasteiger partial charge on any atom is -0.444 e. The SMILES string of the molecule is CCCNC(=O)N1CCN(C(=O)c2ccc(Br)o2)CC1. The number of nitrogens with one attached hydrogen (secondary N) is 1. The van der Waals surface area contributed by atoms with E-state index in [0.29, 0.717) is 43.2 Å². The molecule has 0 bridgehead atoms. The average molecular weight is 344 g/mol. The lowest BCUT2D eigenvalue weighted by Gasteiger charge is -2.34. The monoisotopic (exact) mass is 343 g/mol. The Morgan fingerprint density at radius 1 is 1.25 bits per heavy atom. The van der Waals surface area contributed by atoms with Gasteiger partial charge in [0, 0.05) is 32.7 Å². The molecule has 1 aliphatic heterocycles. The molecule has 0 unspecified atom stereocenters. The molecule has 0 aromatic carbocycles. The molecule has 20 heavy (non-hydrogen) atoms. The smallest absolute Gasteiger partial charge is 0.317 e. The van der Waals surface area contributed by atoms with Gasteiger partial charge < -0.3 is 19.5 Å². The summed E-state index contributed by atoms with van der Waals surface area (Å²) in [7, 11) is 0. The van der Waals surface area contributed by atoms with Crippen LogP contribution in [0.2, 0.25) is 0 Å². The van der Waals surface area contributed by atoms with E-state index in [1.54, 1.807) is 21.9 Å². The number of urea groups is 1. The van der Waals surface area contributed by atoms with Gasteiger partial charge in [0.2, 0.25) is 0 Å². The third kappa shape index (κ3) is 3.53. The van der Waals surface area contributed by atoms with Crippen LogP contribution in [0.25, 0.3) is 0 Å². The number of hydrogen-bond acceptors (Lipinski definition) is 3. The molecule has 3 amide bonds. The van der Waals surface area contributed by atoms with Crippen LogP contribution in [0.15, 0.2) is 21.2 Å². The summed E-state index contributed by atoms with van der Waals surface area (Å²) in [5, 5.41) is 2.84. The lowest BCUT2D eigenvalue weighted by molar-refractivity contribution is 0.0633. The van der Waals surface area contributed by atoms with E-state index < -0.39 is 0 Å². The van der Waals surface area contributed by atoms with Crippen LogP contribution in [-0.2, 0) is 0 Å². The number of furan rings is 1. The number of rotatable bonds is 3. The maximum absolute atomic E-state index is 12.2. The molecule has 1 aromatic rings. The van der Waals surface area contributed by atoms with Crippen molar-refractivity contribution in [3.8, 4) is 0 Å². The summed E-state index contributed by atoms with van der Waals surface area (Å²) in [5.74, 6) is 0.185. The van der Waals surface area contributed by atoms with Crippen molar-refractivity contribution in [2.75, 3.05) is 32.7 Å². The minimum absolute atomic E-state index is 0.0558. The van der Waals surface area contributed by atoms with Gasteiger partial charge in [-0.2, -0.15) is 0 Å². The molecule has 6 nitrogen and oxygen atoms in total. The Labute approximate surface area is 126 Å². The van der Waals surface area contributed by atoms with Gasteiger partial charge in [-0.25, -0.2) is 4.79 Å². The van der Waals surface area contributed by atoms with Crippen LogP contribution in [0.4, 0.5) is 4.79 Å². The molecule has 1 aromatic heterocycles. The second-order valence-electron chi connectivity index (χ2n) is 4.61. The lowest BCUT2D eigenvalue weighted by atomic mass is 10.3. The van der Waals surface area contributed by atoms with Crippen molar-refractivity contribution in [1.82, 2.24) is 15.1 Å². The highest BCUT2D eigenvalue weighted by Crippen LogP contribution is 2.16. The van der Waals surface area contributed by atoms with Crippen molar-refractivity contribution in [1.29, 1.82) is 0 Å². The van der Waals surface area contributed by atoms with Gasteiger partial charge >= 0.3 is 6.03 Å². The molecule has 1 saturated heterocycles. The third-order valence-corrected chi connectivity index (χ3v) is 3.59. The van der Waals surface area contributed by atoms with Crippen molar-refractivity contribution in [2.24, 2.45) is 0 Å². The van der Waals surface area contributed by atoms with Gasteiger partial charge in [0.05, 0.1) is 0 Å². The first-order valence-corrected chi connectivity index (χ1v) is 7.48. The number of carbonyl (C=O) groups is 2. The summed E-state index contributed by atoms with van der Waals surface area (Å²) in [6.07, 6.45) is 0.914. The van der Waals surface area contributed by atoms with E-state index in [-0.39, 0.29) is 11.9 Å². The van der Waals surface area contributed by atoms with Crippen LogP contribution in [-0.4, -0.2) is 54.5 Å². The summed E-state index contributed by atoms with van der Waals surface area (Å²) < 4.78 is 5.80. The first kappa shape index (κ1) is 14.9. The highest BCUT2D eigenvalue weighted by molar-refractivity contribution is 9.10. The molecular formula is C13H18BrN3O3. The van der Waals surface area contributed by atoms with E-state index in [4.69, 9.17) is 4.42 Å². The first-order valence-electron chi connectivity index (χ1n) is 6.69. The molecule has 0 atom stereocenters. The van der Waals surface area contributed by atoms with Gasteiger partial charge in [-0.05, 0) is 34.5 Å². The molecule has 2 heterocycles. The number of carbonyl (C=O) groups excluding carboxylic acids is 2. The molecule has 2 rings (SSSR count). The van der Waals surface area contributed by atoms with Crippen LogP contribution in [0.1, 0.15) is 23.9 Å². The Morgan fingerprint density at radius 3 is 2.45 bits per heavy atom.